The number of allylic oxidation sites excluding steroid dienone is 1. The van der Waals surface area contributed by atoms with Crippen LogP contribution in [0.25, 0.3) is 0 Å². The van der Waals surface area contributed by atoms with E-state index in [0.29, 0.717) is 28.5 Å². The highest BCUT2D eigenvalue weighted by Gasteiger charge is 2.33. The van der Waals surface area contributed by atoms with Crippen LogP contribution in [0.1, 0.15) is 29.7 Å². The van der Waals surface area contributed by atoms with Crippen LogP contribution in [-0.4, -0.2) is 20.7 Å². The number of nitrogens with zero attached hydrogens (tertiary/aromatic N) is 3. The van der Waals surface area contributed by atoms with E-state index in [1.54, 1.807) is 17.7 Å². The fourth-order valence-electron chi connectivity index (χ4n) is 3.40. The number of aryl methyl sites for hydroxylation is 2. The maximum Gasteiger partial charge on any atom is 0.255 e. The van der Waals surface area contributed by atoms with Gasteiger partial charge in [-0.2, -0.15) is 10.1 Å². The van der Waals surface area contributed by atoms with Crippen LogP contribution in [0.3, 0.4) is 0 Å². The zero-order chi connectivity index (χ0) is 19.8. The van der Waals surface area contributed by atoms with Crippen LogP contribution < -0.4 is 10.6 Å². The van der Waals surface area contributed by atoms with Crippen LogP contribution in [0.5, 0.6) is 0 Å². The Kier molecular flexibility index (Phi) is 4.43. The molecule has 1 amide bonds. The lowest BCUT2D eigenvalue weighted by atomic mass is 9.94. The summed E-state index contributed by atoms with van der Waals surface area (Å²) in [5, 5.41) is 10.4. The van der Waals surface area contributed by atoms with Gasteiger partial charge in [0.05, 0.1) is 5.57 Å². The number of nitrogens with one attached hydrogen (secondary N) is 2. The van der Waals surface area contributed by atoms with Crippen molar-refractivity contribution in [2.45, 2.75) is 26.8 Å². The van der Waals surface area contributed by atoms with Crippen LogP contribution in [0.2, 0.25) is 0 Å². The number of aromatic nitrogens is 3. The van der Waals surface area contributed by atoms with Crippen molar-refractivity contribution in [3.8, 4) is 0 Å². The van der Waals surface area contributed by atoms with Gasteiger partial charge in [0.15, 0.2) is 0 Å². The molecule has 142 valence electrons. The molecule has 1 unspecified atom stereocenters. The molecule has 1 aliphatic heterocycles. The molecular weight excluding hydrogens is 357 g/mol. The number of benzene rings is 2. The summed E-state index contributed by atoms with van der Waals surface area (Å²) < 4.78 is 15.1. The van der Waals surface area contributed by atoms with E-state index in [0.717, 1.165) is 11.1 Å². The first kappa shape index (κ1) is 17.9. The second kappa shape index (κ2) is 6.92. The Labute approximate surface area is 162 Å². The summed E-state index contributed by atoms with van der Waals surface area (Å²) in [6.45, 7) is 5.61. The van der Waals surface area contributed by atoms with Crippen molar-refractivity contribution in [3.63, 3.8) is 0 Å². The number of hydrogen-bond acceptors (Lipinski definition) is 4. The minimum absolute atomic E-state index is 0.272. The molecule has 0 spiro atoms. The molecule has 0 saturated carbocycles. The minimum Gasteiger partial charge on any atom is -0.328 e. The van der Waals surface area contributed by atoms with Crippen molar-refractivity contribution in [1.29, 1.82) is 0 Å². The van der Waals surface area contributed by atoms with Crippen LogP contribution in [0.4, 0.5) is 16.0 Å². The highest BCUT2D eigenvalue weighted by Crippen LogP contribution is 2.35. The lowest BCUT2D eigenvalue weighted by Gasteiger charge is -2.29. The Balaban J connectivity index is 1.76. The average molecular weight is 377 g/mol. The molecule has 2 N–H and O–H groups in total. The number of halogens is 1. The minimum atomic E-state index is -0.417. The van der Waals surface area contributed by atoms with E-state index in [1.807, 2.05) is 38.1 Å². The third-order valence-corrected chi connectivity index (χ3v) is 4.87. The molecule has 0 fully saturated rings. The largest absolute Gasteiger partial charge is 0.328 e. The topological polar surface area (TPSA) is 71.8 Å². The van der Waals surface area contributed by atoms with Gasteiger partial charge >= 0.3 is 0 Å². The van der Waals surface area contributed by atoms with Gasteiger partial charge in [-0.15, -0.1) is 0 Å². The van der Waals surface area contributed by atoms with Crippen molar-refractivity contribution >= 4 is 17.5 Å². The first-order valence-corrected chi connectivity index (χ1v) is 8.95. The molecule has 4 rings (SSSR count). The molecule has 2 heterocycles. The quantitative estimate of drug-likeness (QED) is 0.725. The van der Waals surface area contributed by atoms with E-state index in [9.17, 15) is 9.18 Å². The van der Waals surface area contributed by atoms with Gasteiger partial charge in [0.1, 0.15) is 18.2 Å². The lowest BCUT2D eigenvalue weighted by Crippen LogP contribution is -2.31. The fourth-order valence-corrected chi connectivity index (χ4v) is 3.40. The van der Waals surface area contributed by atoms with E-state index < -0.39 is 6.04 Å². The molecule has 0 radical (unpaired) electrons. The summed E-state index contributed by atoms with van der Waals surface area (Å²) in [5.41, 5.74) is 4.51. The number of anilines is 2. The number of carbonyl (C=O) groups excluding carboxylic acids is 1. The fraction of sp³-hybridized carbons (Fsp3) is 0.190. The van der Waals surface area contributed by atoms with Crippen LogP contribution >= 0.6 is 0 Å². The lowest BCUT2D eigenvalue weighted by molar-refractivity contribution is -0.113. The Bertz CT molecular complexity index is 1080. The van der Waals surface area contributed by atoms with Crippen molar-refractivity contribution in [1.82, 2.24) is 14.8 Å². The average Bonchev–Trinajstić information content (AvgIpc) is 3.11. The molecule has 1 aromatic heterocycles. The SMILES string of the molecule is CC1=C(C(=O)Nc2ccc(F)cc2C)C(c2ccc(C)cc2)n2ncnc2N1. The van der Waals surface area contributed by atoms with Gasteiger partial charge in [0.25, 0.3) is 5.91 Å². The maximum atomic E-state index is 13.4. The zero-order valence-electron chi connectivity index (χ0n) is 15.8. The second-order valence-corrected chi connectivity index (χ2v) is 6.92. The van der Waals surface area contributed by atoms with Gasteiger partial charge in [-0.1, -0.05) is 29.8 Å². The van der Waals surface area contributed by atoms with E-state index in [2.05, 4.69) is 20.7 Å². The van der Waals surface area contributed by atoms with E-state index in [1.165, 1.54) is 18.5 Å². The number of amides is 1. The predicted octanol–water partition coefficient (Wildman–Crippen LogP) is 3.96. The van der Waals surface area contributed by atoms with Gasteiger partial charge in [-0.3, -0.25) is 4.79 Å². The van der Waals surface area contributed by atoms with E-state index in [4.69, 9.17) is 0 Å². The Morgan fingerprint density at radius 1 is 1.14 bits per heavy atom. The highest BCUT2D eigenvalue weighted by molar-refractivity contribution is 6.06. The molecule has 0 saturated heterocycles. The Hall–Kier alpha value is -3.48. The van der Waals surface area contributed by atoms with E-state index in [-0.39, 0.29) is 11.7 Å². The van der Waals surface area contributed by atoms with Crippen LogP contribution in [-0.2, 0) is 4.79 Å². The number of carbonyl (C=O) groups is 1. The molecule has 1 aliphatic rings. The van der Waals surface area contributed by atoms with Crippen molar-refractivity contribution in [2.75, 3.05) is 10.6 Å². The first-order chi connectivity index (χ1) is 13.4. The van der Waals surface area contributed by atoms with Crippen LogP contribution in [0, 0.1) is 19.7 Å². The summed E-state index contributed by atoms with van der Waals surface area (Å²) in [4.78, 5) is 17.5. The van der Waals surface area contributed by atoms with Crippen LogP contribution in [0.15, 0.2) is 60.1 Å². The molecule has 0 aliphatic carbocycles. The van der Waals surface area contributed by atoms with Crippen molar-refractivity contribution in [3.05, 3.63) is 82.6 Å². The first-order valence-electron chi connectivity index (χ1n) is 8.95. The monoisotopic (exact) mass is 377 g/mol. The standard InChI is InChI=1S/C21H20FN5O/c1-12-4-6-15(7-5-12)19-18(14(3)25-21-23-11-24-27(19)21)20(28)26-17-9-8-16(22)10-13(17)2/h4-11,19H,1-3H3,(H,26,28)(H,23,24,25). The normalized spacial score (nSPS) is 15.8. The molecule has 2 aromatic carbocycles. The molecule has 3 aromatic rings. The van der Waals surface area contributed by atoms with Gasteiger partial charge < -0.3 is 10.6 Å². The zero-order valence-corrected chi connectivity index (χ0v) is 15.8. The second-order valence-electron chi connectivity index (χ2n) is 6.92. The number of hydrogen-bond donors (Lipinski definition) is 2. The maximum absolute atomic E-state index is 13.4. The highest BCUT2D eigenvalue weighted by atomic mass is 19.1. The Morgan fingerprint density at radius 2 is 1.89 bits per heavy atom. The molecule has 6 nitrogen and oxygen atoms in total. The van der Waals surface area contributed by atoms with Crippen molar-refractivity contribution in [2.24, 2.45) is 0 Å². The third-order valence-electron chi connectivity index (χ3n) is 4.87. The summed E-state index contributed by atoms with van der Waals surface area (Å²) >= 11 is 0. The summed E-state index contributed by atoms with van der Waals surface area (Å²) in [6, 6.07) is 11.8. The van der Waals surface area contributed by atoms with Gasteiger partial charge in [-0.05, 0) is 50.1 Å². The predicted molar refractivity (Wildman–Crippen MR) is 105 cm³/mol. The molecule has 7 heteroatoms. The molecule has 0 bridgehead atoms. The molecular formula is C21H20FN5O. The van der Waals surface area contributed by atoms with Gasteiger partial charge in [-0.25, -0.2) is 9.07 Å². The number of fused-ring (bicyclic) bond motifs is 1. The summed E-state index contributed by atoms with van der Waals surface area (Å²) in [7, 11) is 0. The molecule has 1 atom stereocenters. The van der Waals surface area contributed by atoms with Gasteiger partial charge in [0.2, 0.25) is 5.95 Å². The van der Waals surface area contributed by atoms with Gasteiger partial charge in [0, 0.05) is 11.4 Å². The smallest absolute Gasteiger partial charge is 0.255 e. The number of rotatable bonds is 3. The van der Waals surface area contributed by atoms with E-state index >= 15 is 0 Å². The molecule has 28 heavy (non-hydrogen) atoms. The summed E-state index contributed by atoms with van der Waals surface area (Å²) in [5.74, 6) is -0.0287. The Morgan fingerprint density at radius 3 is 2.61 bits per heavy atom. The van der Waals surface area contributed by atoms with Crippen molar-refractivity contribution < 1.29 is 9.18 Å². The third kappa shape index (κ3) is 3.15. The summed E-state index contributed by atoms with van der Waals surface area (Å²) in [6.07, 6.45) is 1.46.